The number of likely N-dealkylation sites (N-methyl/N-ethyl adjacent to an activating group) is 1. The Morgan fingerprint density at radius 1 is 1.07 bits per heavy atom. The summed E-state index contributed by atoms with van der Waals surface area (Å²) in [5, 5.41) is 7.49. The summed E-state index contributed by atoms with van der Waals surface area (Å²) in [5.74, 6) is 0.320. The predicted octanol–water partition coefficient (Wildman–Crippen LogP) is 1.57. The van der Waals surface area contributed by atoms with Crippen molar-refractivity contribution in [2.24, 2.45) is 0 Å². The van der Waals surface area contributed by atoms with Gasteiger partial charge < -0.3 is 19.8 Å². The third-order valence-electron chi connectivity index (χ3n) is 3.82. The van der Waals surface area contributed by atoms with Gasteiger partial charge in [0.05, 0.1) is 38.7 Å². The summed E-state index contributed by atoms with van der Waals surface area (Å²) in [6, 6.07) is 9.83. The lowest BCUT2D eigenvalue weighted by Crippen LogP contribution is -2.45. The zero-order valence-corrected chi connectivity index (χ0v) is 15.9. The highest BCUT2D eigenvalue weighted by Crippen LogP contribution is 2.22. The zero-order chi connectivity index (χ0) is 20.4. The molecule has 2 rings (SSSR count). The smallest absolute Gasteiger partial charge is 0.321 e. The molecule has 0 aliphatic heterocycles. The summed E-state index contributed by atoms with van der Waals surface area (Å²) in [6.07, 6.45) is 1.50. The fourth-order valence-electron chi connectivity index (χ4n) is 2.41. The van der Waals surface area contributed by atoms with Crippen LogP contribution in [0.5, 0.6) is 5.75 Å². The van der Waals surface area contributed by atoms with Crippen molar-refractivity contribution in [2.45, 2.75) is 13.5 Å². The number of amides is 4. The quantitative estimate of drug-likeness (QED) is 0.601. The van der Waals surface area contributed by atoms with Gasteiger partial charge in [0.2, 0.25) is 11.8 Å². The average molecular weight is 388 g/mol. The van der Waals surface area contributed by atoms with Crippen LogP contribution in [0, 0.1) is 0 Å². The molecule has 2 aromatic rings. The Bertz CT molecular complexity index is 791. The first-order valence-corrected chi connectivity index (χ1v) is 8.77. The number of furan rings is 1. The maximum Gasteiger partial charge on any atom is 0.321 e. The number of benzene rings is 1. The Labute approximate surface area is 163 Å². The van der Waals surface area contributed by atoms with E-state index in [4.69, 9.17) is 9.15 Å². The Morgan fingerprint density at radius 2 is 1.82 bits per heavy atom. The van der Waals surface area contributed by atoms with Gasteiger partial charge in [0.15, 0.2) is 0 Å². The van der Waals surface area contributed by atoms with Crippen LogP contribution in [0.1, 0.15) is 12.7 Å². The SMILES string of the molecule is CCN(CC(=O)NC(=O)NCc1ccco1)CC(=O)Nc1ccccc1OC. The molecule has 0 atom stereocenters. The third kappa shape index (κ3) is 6.76. The predicted molar refractivity (Wildman–Crippen MR) is 103 cm³/mol. The maximum absolute atomic E-state index is 12.3. The van der Waals surface area contributed by atoms with Crippen LogP contribution in [0.4, 0.5) is 10.5 Å². The fraction of sp³-hybridized carbons (Fsp3) is 0.316. The van der Waals surface area contributed by atoms with Gasteiger partial charge >= 0.3 is 6.03 Å². The first-order chi connectivity index (χ1) is 13.5. The molecule has 28 heavy (non-hydrogen) atoms. The average Bonchev–Trinajstić information content (AvgIpc) is 3.19. The van der Waals surface area contributed by atoms with Crippen molar-refractivity contribution >= 4 is 23.5 Å². The summed E-state index contributed by atoms with van der Waals surface area (Å²) in [5.41, 5.74) is 0.549. The Kier molecular flexibility index (Phi) is 8.04. The number of carbonyl (C=O) groups excluding carboxylic acids is 3. The Hall–Kier alpha value is -3.33. The fourth-order valence-corrected chi connectivity index (χ4v) is 2.41. The molecule has 1 heterocycles. The number of hydrogen-bond donors (Lipinski definition) is 3. The molecule has 4 amide bonds. The molecule has 0 radical (unpaired) electrons. The first kappa shape index (κ1) is 21.0. The van der Waals surface area contributed by atoms with E-state index in [1.54, 1.807) is 41.3 Å². The van der Waals surface area contributed by atoms with Gasteiger partial charge in [-0.25, -0.2) is 4.79 Å². The van der Waals surface area contributed by atoms with Gasteiger partial charge in [-0.3, -0.25) is 19.8 Å². The molecular formula is C19H24N4O5. The van der Waals surface area contributed by atoms with Crippen LogP contribution in [0.2, 0.25) is 0 Å². The molecule has 3 N–H and O–H groups in total. The van der Waals surface area contributed by atoms with Crippen molar-refractivity contribution in [1.29, 1.82) is 0 Å². The number of methoxy groups -OCH3 is 1. The van der Waals surface area contributed by atoms with E-state index in [0.29, 0.717) is 23.7 Å². The molecule has 9 heteroatoms. The molecule has 9 nitrogen and oxygen atoms in total. The van der Waals surface area contributed by atoms with E-state index in [0.717, 1.165) is 0 Å². The van der Waals surface area contributed by atoms with Gasteiger partial charge in [-0.15, -0.1) is 0 Å². The largest absolute Gasteiger partial charge is 0.495 e. The van der Waals surface area contributed by atoms with Gasteiger partial charge in [0.25, 0.3) is 0 Å². The number of ether oxygens (including phenoxy) is 1. The normalized spacial score (nSPS) is 10.4. The molecule has 0 unspecified atom stereocenters. The number of urea groups is 1. The van der Waals surface area contributed by atoms with Crippen molar-refractivity contribution in [1.82, 2.24) is 15.5 Å². The van der Waals surface area contributed by atoms with Gasteiger partial charge in [-0.2, -0.15) is 0 Å². The van der Waals surface area contributed by atoms with Crippen molar-refractivity contribution in [3.8, 4) is 5.75 Å². The number of hydrogen-bond acceptors (Lipinski definition) is 6. The number of rotatable bonds is 9. The van der Waals surface area contributed by atoms with E-state index < -0.39 is 11.9 Å². The third-order valence-corrected chi connectivity index (χ3v) is 3.82. The van der Waals surface area contributed by atoms with Crippen LogP contribution in [0.25, 0.3) is 0 Å². The molecule has 0 saturated heterocycles. The van der Waals surface area contributed by atoms with E-state index in [1.807, 2.05) is 6.92 Å². The minimum atomic E-state index is -0.629. The van der Waals surface area contributed by atoms with E-state index >= 15 is 0 Å². The summed E-state index contributed by atoms with van der Waals surface area (Å²) in [4.78, 5) is 37.7. The number of carbonyl (C=O) groups is 3. The standard InChI is InChI=1S/C19H24N4O5/c1-3-23(12-17(24)21-15-8-4-5-9-16(15)27-2)13-18(25)22-19(26)20-11-14-7-6-10-28-14/h4-10H,3,11-13H2,1-2H3,(H,21,24)(H2,20,22,25,26). The van der Waals surface area contributed by atoms with Crippen LogP contribution in [0.3, 0.4) is 0 Å². The van der Waals surface area contributed by atoms with Crippen molar-refractivity contribution < 1.29 is 23.5 Å². The van der Waals surface area contributed by atoms with Crippen molar-refractivity contribution in [3.63, 3.8) is 0 Å². The second-order valence-electron chi connectivity index (χ2n) is 5.86. The van der Waals surface area contributed by atoms with E-state index in [1.165, 1.54) is 13.4 Å². The number of anilines is 1. The summed E-state index contributed by atoms with van der Waals surface area (Å²) in [7, 11) is 1.52. The lowest BCUT2D eigenvalue weighted by molar-refractivity contribution is -0.122. The molecule has 1 aromatic heterocycles. The molecule has 0 aliphatic carbocycles. The maximum atomic E-state index is 12.3. The highest BCUT2D eigenvalue weighted by atomic mass is 16.5. The molecule has 0 saturated carbocycles. The highest BCUT2D eigenvalue weighted by Gasteiger charge is 2.16. The Morgan fingerprint density at radius 3 is 2.50 bits per heavy atom. The van der Waals surface area contributed by atoms with Gasteiger partial charge in [-0.05, 0) is 30.8 Å². The second kappa shape index (κ2) is 10.7. The molecule has 0 spiro atoms. The van der Waals surface area contributed by atoms with E-state index in [-0.39, 0.29) is 25.5 Å². The number of nitrogens with zero attached hydrogens (tertiary/aromatic N) is 1. The van der Waals surface area contributed by atoms with E-state index in [2.05, 4.69) is 16.0 Å². The first-order valence-electron chi connectivity index (χ1n) is 8.77. The van der Waals surface area contributed by atoms with Crippen LogP contribution in [-0.2, 0) is 16.1 Å². The van der Waals surface area contributed by atoms with Gasteiger partial charge in [-0.1, -0.05) is 19.1 Å². The molecule has 1 aromatic carbocycles. The summed E-state index contributed by atoms with van der Waals surface area (Å²) >= 11 is 0. The zero-order valence-electron chi connectivity index (χ0n) is 15.9. The van der Waals surface area contributed by atoms with Gasteiger partial charge in [0.1, 0.15) is 11.5 Å². The topological polar surface area (TPSA) is 113 Å². The number of imide groups is 1. The van der Waals surface area contributed by atoms with Crippen LogP contribution in [-0.4, -0.2) is 49.5 Å². The molecule has 0 aliphatic rings. The molecule has 0 fully saturated rings. The van der Waals surface area contributed by atoms with Gasteiger partial charge in [0, 0.05) is 0 Å². The summed E-state index contributed by atoms with van der Waals surface area (Å²) in [6.45, 7) is 2.35. The number of para-hydroxylation sites is 2. The summed E-state index contributed by atoms with van der Waals surface area (Å²) < 4.78 is 10.3. The number of nitrogens with one attached hydrogen (secondary N) is 3. The van der Waals surface area contributed by atoms with Crippen LogP contribution < -0.4 is 20.7 Å². The monoisotopic (exact) mass is 388 g/mol. The highest BCUT2D eigenvalue weighted by molar-refractivity contribution is 5.96. The molecule has 0 bridgehead atoms. The molecular weight excluding hydrogens is 364 g/mol. The van der Waals surface area contributed by atoms with Crippen LogP contribution in [0.15, 0.2) is 47.1 Å². The lowest BCUT2D eigenvalue weighted by Gasteiger charge is -2.19. The van der Waals surface area contributed by atoms with Crippen molar-refractivity contribution in [2.75, 3.05) is 32.1 Å². The second-order valence-corrected chi connectivity index (χ2v) is 5.86. The van der Waals surface area contributed by atoms with Crippen molar-refractivity contribution in [3.05, 3.63) is 48.4 Å². The minimum absolute atomic E-state index is 0.00399. The minimum Gasteiger partial charge on any atom is -0.495 e. The Balaban J connectivity index is 1.78. The van der Waals surface area contributed by atoms with Crippen LogP contribution >= 0.6 is 0 Å². The lowest BCUT2D eigenvalue weighted by atomic mass is 10.3. The molecule has 150 valence electrons. The van der Waals surface area contributed by atoms with E-state index in [9.17, 15) is 14.4 Å².